The van der Waals surface area contributed by atoms with Crippen molar-refractivity contribution in [3.63, 3.8) is 0 Å². The third kappa shape index (κ3) is 6.80. The first kappa shape index (κ1) is 18.3. The lowest BCUT2D eigenvalue weighted by Gasteiger charge is -2.25. The van der Waals surface area contributed by atoms with Gasteiger partial charge in [0.1, 0.15) is 5.69 Å². The summed E-state index contributed by atoms with van der Waals surface area (Å²) in [5.41, 5.74) is -0.00445. The van der Waals surface area contributed by atoms with Crippen LogP contribution in [0, 0.1) is 5.41 Å². The summed E-state index contributed by atoms with van der Waals surface area (Å²) in [5.74, 6) is -0.518. The van der Waals surface area contributed by atoms with Gasteiger partial charge in [-0.1, -0.05) is 26.8 Å². The van der Waals surface area contributed by atoms with Gasteiger partial charge in [-0.25, -0.2) is 13.8 Å². The number of rotatable bonds is 7. The summed E-state index contributed by atoms with van der Waals surface area (Å²) in [6.45, 7) is 5.03. The molecule has 1 rings (SSSR count). The average Bonchev–Trinajstić information content (AvgIpc) is 2.43. The second-order valence-corrected chi connectivity index (χ2v) is 6.18. The lowest BCUT2D eigenvalue weighted by atomic mass is 9.88. The molecule has 0 aliphatic heterocycles. The Labute approximate surface area is 128 Å². The van der Waals surface area contributed by atoms with E-state index in [9.17, 15) is 18.7 Å². The van der Waals surface area contributed by atoms with E-state index in [-0.39, 0.29) is 23.6 Å². The van der Waals surface area contributed by atoms with Crippen LogP contribution < -0.4 is 10.1 Å². The summed E-state index contributed by atoms with van der Waals surface area (Å²) in [6, 6.07) is 3.95. The Balaban J connectivity index is 2.70. The number of ether oxygens (including phenoxy) is 1. The summed E-state index contributed by atoms with van der Waals surface area (Å²) in [5, 5.41) is 12.0. The molecule has 1 atom stereocenters. The predicted octanol–water partition coefficient (Wildman–Crippen LogP) is 2.25. The van der Waals surface area contributed by atoms with Crippen LogP contribution in [0.3, 0.4) is 0 Å². The largest absolute Gasteiger partial charge is 0.472 e. The van der Waals surface area contributed by atoms with E-state index in [1.54, 1.807) is 0 Å². The van der Waals surface area contributed by atoms with Crippen LogP contribution in [0.5, 0.6) is 5.88 Å². The van der Waals surface area contributed by atoms with E-state index < -0.39 is 25.0 Å². The number of nitrogens with zero attached hydrogens (tertiary/aromatic N) is 1. The summed E-state index contributed by atoms with van der Waals surface area (Å²) >= 11 is 0. The molecular weight excluding hydrogens is 294 g/mol. The third-order valence-corrected chi connectivity index (χ3v) is 2.73. The van der Waals surface area contributed by atoms with Gasteiger partial charge in [0.2, 0.25) is 5.88 Å². The van der Waals surface area contributed by atoms with Gasteiger partial charge in [0, 0.05) is 6.07 Å². The van der Waals surface area contributed by atoms with Gasteiger partial charge in [-0.3, -0.25) is 4.79 Å². The summed E-state index contributed by atoms with van der Waals surface area (Å²) in [7, 11) is 0. The van der Waals surface area contributed by atoms with Gasteiger partial charge in [0.15, 0.2) is 6.61 Å². The molecule has 1 aromatic heterocycles. The van der Waals surface area contributed by atoms with Crippen molar-refractivity contribution >= 4 is 5.91 Å². The monoisotopic (exact) mass is 316 g/mol. The number of aliphatic hydroxyl groups is 1. The Bertz CT molecular complexity index is 490. The van der Waals surface area contributed by atoms with Crippen LogP contribution >= 0.6 is 0 Å². The number of pyridine rings is 1. The Morgan fingerprint density at radius 3 is 2.64 bits per heavy atom. The average molecular weight is 316 g/mol. The smallest absolute Gasteiger partial charge is 0.272 e. The molecule has 0 saturated carbocycles. The third-order valence-electron chi connectivity index (χ3n) is 2.73. The predicted molar refractivity (Wildman–Crippen MR) is 78.1 cm³/mol. The van der Waals surface area contributed by atoms with E-state index in [4.69, 9.17) is 4.74 Å². The molecule has 7 heteroatoms. The van der Waals surface area contributed by atoms with Crippen LogP contribution in [0.25, 0.3) is 0 Å². The summed E-state index contributed by atoms with van der Waals surface area (Å²) < 4.78 is 29.0. The number of nitrogens with one attached hydrogen (secondary N) is 1. The highest BCUT2D eigenvalue weighted by Gasteiger charge is 2.21. The molecule has 2 N–H and O–H groups in total. The summed E-state index contributed by atoms with van der Waals surface area (Å²) in [4.78, 5) is 16.0. The van der Waals surface area contributed by atoms with Crippen LogP contribution in [-0.2, 0) is 0 Å². The topological polar surface area (TPSA) is 71.5 Å². The molecule has 124 valence electrons. The number of hydrogen-bond acceptors (Lipinski definition) is 4. The van der Waals surface area contributed by atoms with Crippen molar-refractivity contribution in [3.8, 4) is 5.88 Å². The van der Waals surface area contributed by atoms with Gasteiger partial charge in [0.05, 0.1) is 12.6 Å². The first-order valence-electron chi connectivity index (χ1n) is 7.01. The molecule has 5 nitrogen and oxygen atoms in total. The SMILES string of the molecule is CC(C)(C)CC(CO)NC(=O)c1cccc(OCC(F)F)n1. The van der Waals surface area contributed by atoms with E-state index in [1.165, 1.54) is 18.2 Å². The van der Waals surface area contributed by atoms with Crippen LogP contribution in [0.4, 0.5) is 8.78 Å². The van der Waals surface area contributed by atoms with Crippen molar-refractivity contribution in [3.05, 3.63) is 23.9 Å². The van der Waals surface area contributed by atoms with Crippen molar-refractivity contribution in [2.45, 2.75) is 39.7 Å². The fourth-order valence-corrected chi connectivity index (χ4v) is 1.93. The van der Waals surface area contributed by atoms with Gasteiger partial charge < -0.3 is 15.2 Å². The minimum absolute atomic E-state index is 0.0377. The maximum atomic E-state index is 12.1. The van der Waals surface area contributed by atoms with E-state index in [0.717, 1.165) is 0 Å². The van der Waals surface area contributed by atoms with Crippen molar-refractivity contribution in [2.24, 2.45) is 5.41 Å². The van der Waals surface area contributed by atoms with E-state index in [2.05, 4.69) is 10.3 Å². The van der Waals surface area contributed by atoms with Gasteiger partial charge in [0.25, 0.3) is 12.3 Å². The molecule has 0 spiro atoms. The van der Waals surface area contributed by atoms with Gasteiger partial charge >= 0.3 is 0 Å². The molecule has 0 radical (unpaired) electrons. The van der Waals surface area contributed by atoms with E-state index >= 15 is 0 Å². The number of aromatic nitrogens is 1. The lowest BCUT2D eigenvalue weighted by molar-refractivity contribution is 0.0790. The molecule has 1 aromatic rings. The Hall–Kier alpha value is -1.76. The minimum Gasteiger partial charge on any atom is -0.472 e. The lowest BCUT2D eigenvalue weighted by Crippen LogP contribution is -2.40. The number of alkyl halides is 2. The zero-order valence-electron chi connectivity index (χ0n) is 13.0. The number of carbonyl (C=O) groups excluding carboxylic acids is 1. The maximum Gasteiger partial charge on any atom is 0.272 e. The Kier molecular flexibility index (Phi) is 6.67. The number of hydrogen-bond donors (Lipinski definition) is 2. The van der Waals surface area contributed by atoms with E-state index in [0.29, 0.717) is 6.42 Å². The van der Waals surface area contributed by atoms with Crippen molar-refractivity contribution in [1.82, 2.24) is 10.3 Å². The zero-order valence-corrected chi connectivity index (χ0v) is 13.0. The molecule has 0 aliphatic carbocycles. The van der Waals surface area contributed by atoms with Crippen LogP contribution in [0.1, 0.15) is 37.7 Å². The normalized spacial score (nSPS) is 13.0. The first-order chi connectivity index (χ1) is 10.2. The van der Waals surface area contributed by atoms with Crippen molar-refractivity contribution in [2.75, 3.05) is 13.2 Å². The number of carbonyl (C=O) groups is 1. The number of aliphatic hydroxyl groups excluding tert-OH is 1. The van der Waals surface area contributed by atoms with Crippen molar-refractivity contribution in [1.29, 1.82) is 0 Å². The second kappa shape index (κ2) is 8.03. The molecular formula is C15H22F2N2O3. The molecule has 0 bridgehead atoms. The molecule has 1 unspecified atom stereocenters. The van der Waals surface area contributed by atoms with Crippen LogP contribution in [0.2, 0.25) is 0 Å². The minimum atomic E-state index is -2.61. The zero-order chi connectivity index (χ0) is 16.8. The fraction of sp³-hybridized carbons (Fsp3) is 0.600. The highest BCUT2D eigenvalue weighted by Crippen LogP contribution is 2.20. The number of halogens is 2. The maximum absolute atomic E-state index is 12.1. The molecule has 1 amide bonds. The highest BCUT2D eigenvalue weighted by atomic mass is 19.3. The van der Waals surface area contributed by atoms with E-state index in [1.807, 2.05) is 20.8 Å². The molecule has 0 aliphatic rings. The second-order valence-electron chi connectivity index (χ2n) is 6.18. The van der Waals surface area contributed by atoms with Gasteiger partial charge in [-0.05, 0) is 17.9 Å². The Morgan fingerprint density at radius 1 is 1.41 bits per heavy atom. The molecule has 22 heavy (non-hydrogen) atoms. The summed E-state index contributed by atoms with van der Waals surface area (Å²) in [6.07, 6.45) is -2.01. The van der Waals surface area contributed by atoms with Crippen molar-refractivity contribution < 1.29 is 23.4 Å². The quantitative estimate of drug-likeness (QED) is 0.809. The molecule has 0 aromatic carbocycles. The van der Waals surface area contributed by atoms with Gasteiger partial charge in [-0.15, -0.1) is 0 Å². The Morgan fingerprint density at radius 2 is 2.09 bits per heavy atom. The first-order valence-corrected chi connectivity index (χ1v) is 7.01. The standard InChI is InChI=1S/C15H22F2N2O3/c1-15(2,3)7-10(8-20)18-14(21)11-5-4-6-13(19-11)22-9-12(16)17/h4-6,10,12,20H,7-9H2,1-3H3,(H,18,21). The molecule has 1 heterocycles. The molecule has 0 fully saturated rings. The van der Waals surface area contributed by atoms with Crippen LogP contribution in [0.15, 0.2) is 18.2 Å². The molecule has 0 saturated heterocycles. The fourth-order valence-electron chi connectivity index (χ4n) is 1.93. The number of amides is 1. The highest BCUT2D eigenvalue weighted by molar-refractivity contribution is 5.92. The van der Waals surface area contributed by atoms with Crippen LogP contribution in [-0.4, -0.2) is 41.7 Å². The van der Waals surface area contributed by atoms with Gasteiger partial charge in [-0.2, -0.15) is 0 Å².